The van der Waals surface area contributed by atoms with Gasteiger partial charge in [-0.15, -0.1) is 0 Å². The van der Waals surface area contributed by atoms with E-state index in [1.54, 1.807) is 0 Å². The first-order valence-electron chi connectivity index (χ1n) is 5.88. The largest absolute Gasteiger partial charge is 0.399 e. The molecule has 1 aromatic carbocycles. The standard InChI is InChI=1S/C13H20N2O/c1-15(13-6-3-7-16-10-13)9-11-4-2-5-12(14)8-11/h2,4-5,8,13H,3,6-7,9-10,14H2,1H3. The van der Waals surface area contributed by atoms with Crippen molar-refractivity contribution < 1.29 is 4.74 Å². The fourth-order valence-electron chi connectivity index (χ4n) is 2.18. The molecule has 1 aromatic rings. The fourth-order valence-corrected chi connectivity index (χ4v) is 2.18. The molecular weight excluding hydrogens is 200 g/mol. The van der Waals surface area contributed by atoms with E-state index in [0.29, 0.717) is 6.04 Å². The number of nitrogen functional groups attached to an aromatic ring is 1. The average molecular weight is 220 g/mol. The van der Waals surface area contributed by atoms with Crippen molar-refractivity contribution in [2.45, 2.75) is 25.4 Å². The molecule has 2 N–H and O–H groups in total. The van der Waals surface area contributed by atoms with E-state index in [-0.39, 0.29) is 0 Å². The van der Waals surface area contributed by atoms with Crippen LogP contribution in [0.15, 0.2) is 24.3 Å². The van der Waals surface area contributed by atoms with Crippen LogP contribution in [0.25, 0.3) is 0 Å². The number of anilines is 1. The molecule has 3 nitrogen and oxygen atoms in total. The molecule has 1 fully saturated rings. The van der Waals surface area contributed by atoms with Crippen LogP contribution in [-0.4, -0.2) is 31.2 Å². The minimum Gasteiger partial charge on any atom is -0.399 e. The lowest BCUT2D eigenvalue weighted by Gasteiger charge is -2.31. The lowest BCUT2D eigenvalue weighted by molar-refractivity contribution is 0.0250. The molecule has 0 aliphatic carbocycles. The minimum absolute atomic E-state index is 0.551. The normalized spacial score (nSPS) is 21.2. The summed E-state index contributed by atoms with van der Waals surface area (Å²) in [5.41, 5.74) is 7.88. The van der Waals surface area contributed by atoms with Crippen molar-refractivity contribution >= 4 is 5.69 Å². The quantitative estimate of drug-likeness (QED) is 0.790. The molecule has 2 rings (SSSR count). The van der Waals surface area contributed by atoms with E-state index in [9.17, 15) is 0 Å². The van der Waals surface area contributed by atoms with E-state index in [1.165, 1.54) is 18.4 Å². The number of hydrogen-bond donors (Lipinski definition) is 1. The van der Waals surface area contributed by atoms with Gasteiger partial charge in [-0.2, -0.15) is 0 Å². The van der Waals surface area contributed by atoms with Gasteiger partial charge >= 0.3 is 0 Å². The molecule has 0 amide bonds. The number of nitrogens with two attached hydrogens (primary N) is 1. The summed E-state index contributed by atoms with van der Waals surface area (Å²) in [6.45, 7) is 2.72. The summed E-state index contributed by atoms with van der Waals surface area (Å²) in [4.78, 5) is 2.36. The van der Waals surface area contributed by atoms with Gasteiger partial charge < -0.3 is 10.5 Å². The summed E-state index contributed by atoms with van der Waals surface area (Å²) in [6.07, 6.45) is 2.41. The Morgan fingerprint density at radius 3 is 3.06 bits per heavy atom. The third-order valence-electron chi connectivity index (χ3n) is 3.14. The van der Waals surface area contributed by atoms with Crippen molar-refractivity contribution in [1.82, 2.24) is 4.90 Å². The highest BCUT2D eigenvalue weighted by Gasteiger charge is 2.18. The molecule has 1 unspecified atom stereocenters. The number of hydrogen-bond acceptors (Lipinski definition) is 3. The van der Waals surface area contributed by atoms with Gasteiger partial charge in [0.05, 0.1) is 6.61 Å². The molecule has 0 spiro atoms. The molecule has 1 aliphatic rings. The molecule has 1 atom stereocenters. The van der Waals surface area contributed by atoms with Crippen LogP contribution in [0, 0.1) is 0 Å². The zero-order valence-electron chi connectivity index (χ0n) is 9.86. The molecule has 0 aromatic heterocycles. The van der Waals surface area contributed by atoms with E-state index >= 15 is 0 Å². The third-order valence-corrected chi connectivity index (χ3v) is 3.14. The lowest BCUT2D eigenvalue weighted by atomic mass is 10.1. The van der Waals surface area contributed by atoms with E-state index < -0.39 is 0 Å². The SMILES string of the molecule is CN(Cc1cccc(N)c1)C1CCCOC1. The molecule has 0 saturated carbocycles. The van der Waals surface area contributed by atoms with Crippen LogP contribution >= 0.6 is 0 Å². The number of benzene rings is 1. The number of rotatable bonds is 3. The molecule has 0 radical (unpaired) electrons. The van der Waals surface area contributed by atoms with Gasteiger partial charge in [-0.3, -0.25) is 4.90 Å². The number of nitrogens with zero attached hydrogens (tertiary/aromatic N) is 1. The molecule has 16 heavy (non-hydrogen) atoms. The van der Waals surface area contributed by atoms with Gasteiger partial charge in [-0.1, -0.05) is 12.1 Å². The summed E-state index contributed by atoms with van der Waals surface area (Å²) in [5.74, 6) is 0. The second kappa shape index (κ2) is 5.32. The average Bonchev–Trinajstić information content (AvgIpc) is 2.30. The van der Waals surface area contributed by atoms with Crippen LogP contribution in [0.4, 0.5) is 5.69 Å². The van der Waals surface area contributed by atoms with Gasteiger partial charge in [0.2, 0.25) is 0 Å². The smallest absolute Gasteiger partial charge is 0.0621 e. The predicted octanol–water partition coefficient (Wildman–Crippen LogP) is 1.88. The maximum absolute atomic E-state index is 5.77. The molecule has 1 saturated heterocycles. The summed E-state index contributed by atoms with van der Waals surface area (Å²) in [5, 5.41) is 0. The van der Waals surface area contributed by atoms with E-state index in [2.05, 4.69) is 18.0 Å². The summed E-state index contributed by atoms with van der Waals surface area (Å²) >= 11 is 0. The van der Waals surface area contributed by atoms with Crippen molar-refractivity contribution in [3.05, 3.63) is 29.8 Å². The Labute approximate surface area is 97.2 Å². The maximum atomic E-state index is 5.77. The van der Waals surface area contributed by atoms with Gasteiger partial charge in [0, 0.05) is 24.9 Å². The van der Waals surface area contributed by atoms with Gasteiger partial charge in [-0.25, -0.2) is 0 Å². The Kier molecular flexibility index (Phi) is 3.80. The van der Waals surface area contributed by atoms with Gasteiger partial charge in [-0.05, 0) is 37.6 Å². The summed E-state index contributed by atoms with van der Waals surface area (Å²) < 4.78 is 5.50. The molecule has 1 aliphatic heterocycles. The van der Waals surface area contributed by atoms with Crippen molar-refractivity contribution in [3.63, 3.8) is 0 Å². The Hall–Kier alpha value is -1.06. The zero-order valence-corrected chi connectivity index (χ0v) is 9.86. The van der Waals surface area contributed by atoms with Gasteiger partial charge in [0.25, 0.3) is 0 Å². The first-order valence-corrected chi connectivity index (χ1v) is 5.88. The van der Waals surface area contributed by atoms with Crippen LogP contribution < -0.4 is 5.73 Å². The van der Waals surface area contributed by atoms with Gasteiger partial charge in [0.1, 0.15) is 0 Å². The van der Waals surface area contributed by atoms with Crippen molar-refractivity contribution in [1.29, 1.82) is 0 Å². The van der Waals surface area contributed by atoms with Crippen LogP contribution in [-0.2, 0) is 11.3 Å². The zero-order chi connectivity index (χ0) is 11.4. The third kappa shape index (κ3) is 2.97. The summed E-state index contributed by atoms with van der Waals surface area (Å²) in [6, 6.07) is 8.65. The molecule has 1 heterocycles. The predicted molar refractivity (Wildman–Crippen MR) is 66.2 cm³/mol. The van der Waals surface area contributed by atoms with E-state index in [0.717, 1.165) is 25.4 Å². The second-order valence-corrected chi connectivity index (χ2v) is 4.53. The molecule has 0 bridgehead atoms. The maximum Gasteiger partial charge on any atom is 0.0621 e. The van der Waals surface area contributed by atoms with Crippen LogP contribution in [0.3, 0.4) is 0 Å². The Balaban J connectivity index is 1.93. The first-order chi connectivity index (χ1) is 7.75. The first kappa shape index (κ1) is 11.4. The van der Waals surface area contributed by atoms with Crippen molar-refractivity contribution in [2.24, 2.45) is 0 Å². The van der Waals surface area contributed by atoms with Crippen molar-refractivity contribution in [3.8, 4) is 0 Å². The monoisotopic (exact) mass is 220 g/mol. The summed E-state index contributed by atoms with van der Waals surface area (Å²) in [7, 11) is 2.16. The van der Waals surface area contributed by atoms with E-state index in [4.69, 9.17) is 10.5 Å². The Morgan fingerprint density at radius 1 is 1.50 bits per heavy atom. The lowest BCUT2D eigenvalue weighted by Crippen LogP contribution is -2.37. The second-order valence-electron chi connectivity index (χ2n) is 4.53. The molecular formula is C13H20N2O. The molecule has 88 valence electrons. The highest BCUT2D eigenvalue weighted by Crippen LogP contribution is 2.15. The van der Waals surface area contributed by atoms with Crippen molar-refractivity contribution in [2.75, 3.05) is 26.0 Å². The Bertz CT molecular complexity index is 334. The Morgan fingerprint density at radius 2 is 2.38 bits per heavy atom. The fraction of sp³-hybridized carbons (Fsp3) is 0.538. The highest BCUT2D eigenvalue weighted by molar-refractivity contribution is 5.40. The molecule has 3 heteroatoms. The van der Waals surface area contributed by atoms with Crippen LogP contribution in [0.2, 0.25) is 0 Å². The number of likely N-dealkylation sites (N-methyl/N-ethyl adjacent to an activating group) is 1. The highest BCUT2D eigenvalue weighted by atomic mass is 16.5. The van der Waals surface area contributed by atoms with Crippen LogP contribution in [0.5, 0.6) is 0 Å². The number of ether oxygens (including phenoxy) is 1. The van der Waals surface area contributed by atoms with E-state index in [1.807, 2.05) is 18.2 Å². The van der Waals surface area contributed by atoms with Crippen LogP contribution in [0.1, 0.15) is 18.4 Å². The topological polar surface area (TPSA) is 38.5 Å². The minimum atomic E-state index is 0.551. The van der Waals surface area contributed by atoms with Gasteiger partial charge in [0.15, 0.2) is 0 Å².